The summed E-state index contributed by atoms with van der Waals surface area (Å²) in [5.74, 6) is 3.06. The van der Waals surface area contributed by atoms with Crippen molar-refractivity contribution in [1.29, 1.82) is 5.26 Å². The van der Waals surface area contributed by atoms with Gasteiger partial charge in [-0.3, -0.25) is 10.1 Å². The largest absolute Gasteiger partial charge is 0.385 e. The lowest BCUT2D eigenvalue weighted by molar-refractivity contribution is -0.385. The third-order valence-corrected chi connectivity index (χ3v) is 4.30. The molecule has 1 N–H and O–H groups in total. The van der Waals surface area contributed by atoms with Gasteiger partial charge in [0.05, 0.1) is 4.92 Å². The number of benzene rings is 1. The van der Waals surface area contributed by atoms with Crippen molar-refractivity contribution >= 4 is 23.1 Å². The van der Waals surface area contributed by atoms with Crippen LogP contribution in [0.2, 0.25) is 0 Å². The Morgan fingerprint density at radius 1 is 1.47 bits per heavy atom. The Bertz CT molecular complexity index is 507. The molecule has 0 bridgehead atoms. The first kappa shape index (κ1) is 13.7. The number of thioether (sulfide) groups is 1. The fourth-order valence-corrected chi connectivity index (χ4v) is 3.31. The molecule has 0 saturated carbocycles. The smallest absolute Gasteiger partial charge is 0.287 e. The number of nitriles is 1. The molecule has 0 aromatic heterocycles. The van der Waals surface area contributed by atoms with Crippen molar-refractivity contribution in [1.82, 2.24) is 0 Å². The Morgan fingerprint density at radius 3 is 2.84 bits per heavy atom. The summed E-state index contributed by atoms with van der Waals surface area (Å²) in [6.45, 7) is 0.864. The van der Waals surface area contributed by atoms with Crippen LogP contribution < -0.4 is 5.32 Å². The molecular weight excluding hydrogens is 262 g/mol. The molecule has 6 heteroatoms. The molecule has 0 atom stereocenters. The topological polar surface area (TPSA) is 79.0 Å². The zero-order chi connectivity index (χ0) is 13.7. The summed E-state index contributed by atoms with van der Waals surface area (Å²) >= 11 is 1.99. The quantitative estimate of drug-likeness (QED) is 0.676. The number of anilines is 1. The molecule has 1 aliphatic heterocycles. The Hall–Kier alpha value is -1.74. The molecule has 0 amide bonds. The van der Waals surface area contributed by atoms with Crippen LogP contribution in [0.4, 0.5) is 11.4 Å². The minimum Gasteiger partial charge on any atom is -0.385 e. The first-order valence-corrected chi connectivity index (χ1v) is 7.36. The van der Waals surface area contributed by atoms with Gasteiger partial charge < -0.3 is 5.32 Å². The summed E-state index contributed by atoms with van der Waals surface area (Å²) < 4.78 is 0. The van der Waals surface area contributed by atoms with E-state index in [2.05, 4.69) is 5.32 Å². The van der Waals surface area contributed by atoms with Crippen molar-refractivity contribution in [2.75, 3.05) is 23.4 Å². The molecule has 1 saturated heterocycles. The summed E-state index contributed by atoms with van der Waals surface area (Å²) in [6.07, 6.45) is 2.41. The highest BCUT2D eigenvalue weighted by Crippen LogP contribution is 2.25. The van der Waals surface area contributed by atoms with Crippen LogP contribution in [0.1, 0.15) is 18.4 Å². The molecule has 0 unspecified atom stereocenters. The van der Waals surface area contributed by atoms with Gasteiger partial charge in [0.25, 0.3) is 5.69 Å². The molecule has 0 radical (unpaired) electrons. The first-order valence-electron chi connectivity index (χ1n) is 6.21. The molecule has 0 aliphatic carbocycles. The third kappa shape index (κ3) is 3.61. The predicted octanol–water partition coefficient (Wildman–Crippen LogP) is 3.02. The Labute approximate surface area is 116 Å². The highest BCUT2D eigenvalue weighted by atomic mass is 32.2. The summed E-state index contributed by atoms with van der Waals surface area (Å²) in [5.41, 5.74) is 0.747. The second-order valence-electron chi connectivity index (χ2n) is 4.54. The summed E-state index contributed by atoms with van der Waals surface area (Å²) in [4.78, 5) is 10.2. The van der Waals surface area contributed by atoms with Crippen LogP contribution in [0.3, 0.4) is 0 Å². The highest BCUT2D eigenvalue weighted by Gasteiger charge is 2.16. The molecule has 19 heavy (non-hydrogen) atoms. The van der Waals surface area contributed by atoms with Crippen LogP contribution >= 0.6 is 11.8 Å². The van der Waals surface area contributed by atoms with Crippen LogP contribution in [0.15, 0.2) is 18.2 Å². The van der Waals surface area contributed by atoms with Gasteiger partial charge in [-0.25, -0.2) is 0 Å². The van der Waals surface area contributed by atoms with E-state index in [-0.39, 0.29) is 11.3 Å². The van der Waals surface area contributed by atoms with Crippen LogP contribution in [0.25, 0.3) is 0 Å². The maximum absolute atomic E-state index is 10.7. The molecule has 2 rings (SSSR count). The number of nitro benzene ring substituents is 1. The van der Waals surface area contributed by atoms with Gasteiger partial charge >= 0.3 is 0 Å². The standard InChI is InChI=1S/C13H15N3O2S/c14-8-11-7-12(1-2-13(11)16(17)18)15-9-10-3-5-19-6-4-10/h1-2,7,10,15H,3-6,9H2. The Balaban J connectivity index is 2.01. The van der Waals surface area contributed by atoms with Gasteiger partial charge in [0.2, 0.25) is 0 Å². The summed E-state index contributed by atoms with van der Waals surface area (Å²) in [7, 11) is 0. The van der Waals surface area contributed by atoms with Gasteiger partial charge in [-0.15, -0.1) is 0 Å². The molecule has 1 aromatic rings. The average molecular weight is 277 g/mol. The molecule has 1 heterocycles. The van der Waals surface area contributed by atoms with Gasteiger partial charge in [0.15, 0.2) is 0 Å². The lowest BCUT2D eigenvalue weighted by Crippen LogP contribution is -2.19. The van der Waals surface area contributed by atoms with Gasteiger partial charge in [0, 0.05) is 18.3 Å². The molecule has 1 fully saturated rings. The zero-order valence-electron chi connectivity index (χ0n) is 10.5. The van der Waals surface area contributed by atoms with Gasteiger partial charge in [-0.2, -0.15) is 17.0 Å². The lowest BCUT2D eigenvalue weighted by atomic mass is 10.0. The maximum Gasteiger partial charge on any atom is 0.287 e. The van der Waals surface area contributed by atoms with Crippen LogP contribution in [0.5, 0.6) is 0 Å². The minimum absolute atomic E-state index is 0.106. The van der Waals surface area contributed by atoms with E-state index in [4.69, 9.17) is 5.26 Å². The van der Waals surface area contributed by atoms with Crippen molar-refractivity contribution in [3.63, 3.8) is 0 Å². The number of rotatable bonds is 4. The number of nitrogens with one attached hydrogen (secondary N) is 1. The van der Waals surface area contributed by atoms with E-state index < -0.39 is 4.92 Å². The van der Waals surface area contributed by atoms with Gasteiger partial charge in [0.1, 0.15) is 11.6 Å². The molecule has 0 spiro atoms. The minimum atomic E-state index is -0.527. The normalized spacial score (nSPS) is 15.7. The number of hydrogen-bond acceptors (Lipinski definition) is 5. The number of hydrogen-bond donors (Lipinski definition) is 1. The van der Waals surface area contributed by atoms with Crippen molar-refractivity contribution < 1.29 is 4.92 Å². The number of nitro groups is 1. The van der Waals surface area contributed by atoms with Crippen LogP contribution in [0, 0.1) is 27.4 Å². The lowest BCUT2D eigenvalue weighted by Gasteiger charge is -2.22. The zero-order valence-corrected chi connectivity index (χ0v) is 11.3. The average Bonchev–Trinajstić information content (AvgIpc) is 2.45. The molecule has 1 aliphatic rings. The van der Waals surface area contributed by atoms with E-state index in [9.17, 15) is 10.1 Å². The first-order chi connectivity index (χ1) is 9.20. The van der Waals surface area contributed by atoms with Gasteiger partial charge in [-0.1, -0.05) is 0 Å². The SMILES string of the molecule is N#Cc1cc(NCC2CCSCC2)ccc1[N+](=O)[O-]. The number of nitrogens with zero attached hydrogens (tertiary/aromatic N) is 2. The second kappa shape index (κ2) is 6.43. The van der Waals surface area contributed by atoms with Gasteiger partial charge in [-0.05, 0) is 42.4 Å². The van der Waals surface area contributed by atoms with E-state index in [1.165, 1.54) is 30.4 Å². The summed E-state index contributed by atoms with van der Waals surface area (Å²) in [6, 6.07) is 6.47. The molecule has 5 nitrogen and oxygen atoms in total. The maximum atomic E-state index is 10.7. The fraction of sp³-hybridized carbons (Fsp3) is 0.462. The van der Waals surface area contributed by atoms with E-state index in [1.807, 2.05) is 17.8 Å². The highest BCUT2D eigenvalue weighted by molar-refractivity contribution is 7.99. The van der Waals surface area contributed by atoms with Crippen molar-refractivity contribution in [2.45, 2.75) is 12.8 Å². The fourth-order valence-electron chi connectivity index (χ4n) is 2.11. The molecular formula is C13H15N3O2S. The molecule has 1 aromatic carbocycles. The van der Waals surface area contributed by atoms with E-state index in [0.29, 0.717) is 5.92 Å². The van der Waals surface area contributed by atoms with Crippen molar-refractivity contribution in [3.05, 3.63) is 33.9 Å². The van der Waals surface area contributed by atoms with E-state index in [1.54, 1.807) is 12.1 Å². The van der Waals surface area contributed by atoms with Crippen LogP contribution in [-0.4, -0.2) is 23.0 Å². The van der Waals surface area contributed by atoms with Crippen LogP contribution in [-0.2, 0) is 0 Å². The molecule has 100 valence electrons. The second-order valence-corrected chi connectivity index (χ2v) is 5.76. The van der Waals surface area contributed by atoms with Crippen molar-refractivity contribution in [3.8, 4) is 6.07 Å². The monoisotopic (exact) mass is 277 g/mol. The van der Waals surface area contributed by atoms with E-state index >= 15 is 0 Å². The Kier molecular flexibility index (Phi) is 4.63. The van der Waals surface area contributed by atoms with E-state index in [0.717, 1.165) is 12.2 Å². The Morgan fingerprint density at radius 2 is 2.21 bits per heavy atom. The van der Waals surface area contributed by atoms with Crippen molar-refractivity contribution in [2.24, 2.45) is 5.92 Å². The predicted molar refractivity (Wildman–Crippen MR) is 76.4 cm³/mol. The summed E-state index contributed by atoms with van der Waals surface area (Å²) in [5, 5.41) is 22.9. The third-order valence-electron chi connectivity index (χ3n) is 3.25.